The van der Waals surface area contributed by atoms with Gasteiger partial charge in [-0.25, -0.2) is 4.39 Å². The molecule has 128 valence electrons. The van der Waals surface area contributed by atoms with Gasteiger partial charge in [-0.3, -0.25) is 4.79 Å². The SMILES string of the molecule is Cc1cccc(C)c1NC(=O)c1c(-c2c(F)cccc2Cl)noc1C. The zero-order chi connectivity index (χ0) is 18.1. The van der Waals surface area contributed by atoms with Gasteiger partial charge in [0.25, 0.3) is 5.91 Å². The van der Waals surface area contributed by atoms with Crippen molar-refractivity contribution in [2.45, 2.75) is 20.8 Å². The van der Waals surface area contributed by atoms with Gasteiger partial charge < -0.3 is 9.84 Å². The van der Waals surface area contributed by atoms with Gasteiger partial charge in [0.2, 0.25) is 0 Å². The van der Waals surface area contributed by atoms with E-state index in [1.165, 1.54) is 18.2 Å². The van der Waals surface area contributed by atoms with E-state index in [9.17, 15) is 9.18 Å². The molecule has 0 unspecified atom stereocenters. The van der Waals surface area contributed by atoms with Crippen LogP contribution in [-0.4, -0.2) is 11.1 Å². The van der Waals surface area contributed by atoms with Crippen LogP contribution in [0.4, 0.5) is 10.1 Å². The Bertz CT molecular complexity index is 926. The molecule has 2 aromatic carbocycles. The number of carbonyl (C=O) groups excluding carboxylic acids is 1. The van der Waals surface area contributed by atoms with Gasteiger partial charge in [-0.1, -0.05) is 41.0 Å². The normalized spacial score (nSPS) is 10.8. The minimum absolute atomic E-state index is 0.0488. The average molecular weight is 359 g/mol. The summed E-state index contributed by atoms with van der Waals surface area (Å²) < 4.78 is 19.4. The number of aromatic nitrogens is 1. The molecular formula is C19H16ClFN2O2. The lowest BCUT2D eigenvalue weighted by Gasteiger charge is -2.12. The molecule has 0 aliphatic heterocycles. The number of amides is 1. The van der Waals surface area contributed by atoms with E-state index >= 15 is 0 Å². The number of hydrogen-bond acceptors (Lipinski definition) is 3. The molecule has 1 aromatic heterocycles. The third-order valence-electron chi connectivity index (χ3n) is 4.01. The van der Waals surface area contributed by atoms with Crippen molar-refractivity contribution in [3.63, 3.8) is 0 Å². The molecule has 0 aliphatic carbocycles. The number of halogens is 2. The van der Waals surface area contributed by atoms with Crippen LogP contribution >= 0.6 is 11.6 Å². The van der Waals surface area contributed by atoms with Gasteiger partial charge in [0, 0.05) is 5.69 Å². The van der Waals surface area contributed by atoms with Crippen LogP contribution in [0.15, 0.2) is 40.9 Å². The molecule has 0 saturated carbocycles. The standard InChI is InChI=1S/C19H16ClFN2O2/c1-10-6-4-7-11(2)17(10)22-19(24)15-12(3)25-23-18(15)16-13(20)8-5-9-14(16)21/h4-9H,1-3H3,(H,22,24). The Kier molecular flexibility index (Phi) is 4.59. The first-order valence-electron chi connectivity index (χ1n) is 7.68. The minimum atomic E-state index is -0.568. The molecule has 0 fully saturated rings. The van der Waals surface area contributed by atoms with Crippen LogP contribution in [0.2, 0.25) is 5.02 Å². The van der Waals surface area contributed by atoms with E-state index in [1.54, 1.807) is 6.92 Å². The first kappa shape index (κ1) is 17.2. The number of hydrogen-bond donors (Lipinski definition) is 1. The minimum Gasteiger partial charge on any atom is -0.360 e. The van der Waals surface area contributed by atoms with Crippen molar-refractivity contribution in [1.29, 1.82) is 0 Å². The summed E-state index contributed by atoms with van der Waals surface area (Å²) in [6, 6.07) is 10.0. The second-order valence-electron chi connectivity index (χ2n) is 5.78. The highest BCUT2D eigenvalue weighted by Gasteiger charge is 2.26. The molecule has 1 heterocycles. The number of para-hydroxylation sites is 1. The average Bonchev–Trinajstić information content (AvgIpc) is 2.92. The molecule has 6 heteroatoms. The van der Waals surface area contributed by atoms with Crippen molar-refractivity contribution in [1.82, 2.24) is 5.16 Å². The summed E-state index contributed by atoms with van der Waals surface area (Å²) >= 11 is 6.11. The maximum Gasteiger partial charge on any atom is 0.261 e. The lowest BCUT2D eigenvalue weighted by Crippen LogP contribution is -2.15. The largest absolute Gasteiger partial charge is 0.360 e. The molecule has 4 nitrogen and oxygen atoms in total. The van der Waals surface area contributed by atoms with E-state index in [0.717, 1.165) is 11.1 Å². The van der Waals surface area contributed by atoms with E-state index in [2.05, 4.69) is 10.5 Å². The Labute approximate surface area is 149 Å². The summed E-state index contributed by atoms with van der Waals surface area (Å²) in [6.07, 6.45) is 0. The molecule has 0 spiro atoms. The van der Waals surface area contributed by atoms with Crippen LogP contribution in [0.1, 0.15) is 27.2 Å². The number of anilines is 1. The van der Waals surface area contributed by atoms with Gasteiger partial charge in [0.1, 0.15) is 22.8 Å². The smallest absolute Gasteiger partial charge is 0.261 e. The summed E-state index contributed by atoms with van der Waals surface area (Å²) in [5.74, 6) is -0.703. The number of carbonyl (C=O) groups is 1. The lowest BCUT2D eigenvalue weighted by molar-refractivity contribution is 0.102. The number of rotatable bonds is 3. The van der Waals surface area contributed by atoms with Crippen LogP contribution < -0.4 is 5.32 Å². The van der Waals surface area contributed by atoms with Crippen molar-refractivity contribution in [2.24, 2.45) is 0 Å². The van der Waals surface area contributed by atoms with Crippen LogP contribution in [0.3, 0.4) is 0 Å². The van der Waals surface area contributed by atoms with Gasteiger partial charge in [0.05, 0.1) is 10.6 Å². The Morgan fingerprint density at radius 3 is 2.40 bits per heavy atom. The molecule has 3 aromatic rings. The molecule has 1 amide bonds. The molecule has 3 rings (SSSR count). The van der Waals surface area contributed by atoms with Crippen molar-refractivity contribution in [3.05, 3.63) is 69.7 Å². The molecule has 25 heavy (non-hydrogen) atoms. The third-order valence-corrected chi connectivity index (χ3v) is 4.32. The fourth-order valence-electron chi connectivity index (χ4n) is 2.72. The van der Waals surface area contributed by atoms with E-state index in [0.29, 0.717) is 5.69 Å². The van der Waals surface area contributed by atoms with E-state index in [4.69, 9.17) is 16.1 Å². The van der Waals surface area contributed by atoms with Crippen molar-refractivity contribution in [3.8, 4) is 11.3 Å². The van der Waals surface area contributed by atoms with Crippen LogP contribution in [0, 0.1) is 26.6 Å². The highest BCUT2D eigenvalue weighted by molar-refractivity contribution is 6.33. The maximum absolute atomic E-state index is 14.2. The first-order chi connectivity index (χ1) is 11.9. The van der Waals surface area contributed by atoms with E-state index in [1.807, 2.05) is 32.0 Å². The summed E-state index contributed by atoms with van der Waals surface area (Å²) in [5.41, 5.74) is 2.85. The molecule has 0 bridgehead atoms. The monoisotopic (exact) mass is 358 g/mol. The summed E-state index contributed by atoms with van der Waals surface area (Å²) in [7, 11) is 0. The van der Waals surface area contributed by atoms with Gasteiger partial charge >= 0.3 is 0 Å². The Balaban J connectivity index is 2.07. The fourth-order valence-corrected chi connectivity index (χ4v) is 2.97. The first-order valence-corrected chi connectivity index (χ1v) is 8.06. The Morgan fingerprint density at radius 2 is 1.76 bits per heavy atom. The fraction of sp³-hybridized carbons (Fsp3) is 0.158. The van der Waals surface area contributed by atoms with Gasteiger partial charge in [-0.15, -0.1) is 0 Å². The zero-order valence-corrected chi connectivity index (χ0v) is 14.7. The summed E-state index contributed by atoms with van der Waals surface area (Å²) in [4.78, 5) is 12.8. The van der Waals surface area contributed by atoms with Crippen molar-refractivity contribution < 1.29 is 13.7 Å². The van der Waals surface area contributed by atoms with Crippen LogP contribution in [0.25, 0.3) is 11.3 Å². The van der Waals surface area contributed by atoms with Gasteiger partial charge in [-0.2, -0.15) is 0 Å². The van der Waals surface area contributed by atoms with Crippen molar-refractivity contribution >= 4 is 23.2 Å². The second kappa shape index (κ2) is 6.69. The lowest BCUT2D eigenvalue weighted by atomic mass is 10.0. The maximum atomic E-state index is 14.2. The molecule has 0 atom stereocenters. The number of nitrogens with one attached hydrogen (secondary N) is 1. The van der Waals surface area contributed by atoms with Crippen LogP contribution in [0.5, 0.6) is 0 Å². The van der Waals surface area contributed by atoms with Crippen molar-refractivity contribution in [2.75, 3.05) is 5.32 Å². The number of nitrogens with zero attached hydrogens (tertiary/aromatic N) is 1. The molecular weight excluding hydrogens is 343 g/mol. The number of benzene rings is 2. The topological polar surface area (TPSA) is 55.1 Å². The molecule has 0 aliphatic rings. The van der Waals surface area contributed by atoms with E-state index < -0.39 is 11.7 Å². The molecule has 1 N–H and O–H groups in total. The quantitative estimate of drug-likeness (QED) is 0.690. The summed E-state index contributed by atoms with van der Waals surface area (Å²) in [6.45, 7) is 5.40. The Hall–Kier alpha value is -2.66. The van der Waals surface area contributed by atoms with Gasteiger partial charge in [-0.05, 0) is 44.0 Å². The molecule has 0 radical (unpaired) electrons. The summed E-state index contributed by atoms with van der Waals surface area (Å²) in [5, 5.41) is 6.88. The Morgan fingerprint density at radius 1 is 1.12 bits per heavy atom. The highest BCUT2D eigenvalue weighted by Crippen LogP contribution is 2.34. The third kappa shape index (κ3) is 3.15. The van der Waals surface area contributed by atoms with Gasteiger partial charge in [0.15, 0.2) is 0 Å². The van der Waals surface area contributed by atoms with Crippen LogP contribution in [-0.2, 0) is 0 Å². The molecule has 0 saturated heterocycles. The predicted molar refractivity (Wildman–Crippen MR) is 95.5 cm³/mol. The predicted octanol–water partition coefficient (Wildman–Crippen LogP) is 5.31. The van der Waals surface area contributed by atoms with E-state index in [-0.39, 0.29) is 27.6 Å². The zero-order valence-electron chi connectivity index (χ0n) is 14.0. The second-order valence-corrected chi connectivity index (χ2v) is 6.19. The number of aryl methyl sites for hydroxylation is 3. The highest BCUT2D eigenvalue weighted by atomic mass is 35.5.